The van der Waals surface area contributed by atoms with Gasteiger partial charge in [0.15, 0.2) is 0 Å². The average Bonchev–Trinajstić information content (AvgIpc) is 2.84. The molecule has 3 aromatic rings. The summed E-state index contributed by atoms with van der Waals surface area (Å²) >= 11 is 0. The summed E-state index contributed by atoms with van der Waals surface area (Å²) in [6.07, 6.45) is 5.57. The highest BCUT2D eigenvalue weighted by atomic mass is 32.2. The maximum atomic E-state index is 12.8. The minimum atomic E-state index is -6.23. The van der Waals surface area contributed by atoms with Crippen LogP contribution in [0.4, 0.5) is 13.2 Å². The van der Waals surface area contributed by atoms with Gasteiger partial charge in [-0.25, -0.2) is 0 Å². The Labute approximate surface area is 204 Å². The number of benzene rings is 3. The van der Waals surface area contributed by atoms with Gasteiger partial charge in [0.05, 0.1) is 17.7 Å². The molecule has 0 unspecified atom stereocenters. The fraction of sp³-hybridized carbons (Fsp3) is 0.200. The molecule has 0 bridgehead atoms. The fourth-order valence-corrected chi connectivity index (χ4v) is 4.06. The van der Waals surface area contributed by atoms with Crippen LogP contribution in [0.1, 0.15) is 51.6 Å². The van der Waals surface area contributed by atoms with Crippen LogP contribution in [-0.4, -0.2) is 37.4 Å². The molecule has 0 spiro atoms. The van der Waals surface area contributed by atoms with Gasteiger partial charge in [0.1, 0.15) is 5.75 Å². The first kappa shape index (κ1) is 25.4. The third kappa shape index (κ3) is 4.84. The van der Waals surface area contributed by atoms with Crippen LogP contribution in [0.2, 0.25) is 0 Å². The highest BCUT2D eigenvalue weighted by molar-refractivity contribution is 7.87. The van der Waals surface area contributed by atoms with Gasteiger partial charge in [-0.2, -0.15) is 21.6 Å². The van der Waals surface area contributed by atoms with Crippen molar-refractivity contribution < 1.29 is 40.2 Å². The van der Waals surface area contributed by atoms with Crippen LogP contribution in [0, 0.1) is 0 Å². The number of hydroxylamine groups is 2. The van der Waals surface area contributed by atoms with Crippen molar-refractivity contribution in [3.8, 4) is 5.75 Å². The van der Waals surface area contributed by atoms with Gasteiger partial charge in [-0.15, -0.1) is 9.35 Å². The quantitative estimate of drug-likeness (QED) is 0.167. The first-order valence-corrected chi connectivity index (χ1v) is 12.3. The van der Waals surface area contributed by atoms with Crippen LogP contribution in [0.25, 0.3) is 22.9 Å². The first-order valence-electron chi connectivity index (χ1n) is 10.9. The van der Waals surface area contributed by atoms with E-state index in [1.54, 1.807) is 18.2 Å². The van der Waals surface area contributed by atoms with Crippen LogP contribution >= 0.6 is 0 Å². The predicted octanol–water partition coefficient (Wildman–Crippen LogP) is 5.57. The molecule has 0 N–H and O–H groups in total. The molecule has 0 radical (unpaired) electrons. The van der Waals surface area contributed by atoms with Crippen molar-refractivity contribution in [1.29, 1.82) is 0 Å². The van der Waals surface area contributed by atoms with Gasteiger partial charge in [0.2, 0.25) is 0 Å². The average molecular weight is 519 g/mol. The van der Waals surface area contributed by atoms with E-state index in [4.69, 9.17) is 4.74 Å². The third-order valence-corrected chi connectivity index (χ3v) is 6.37. The molecule has 0 aromatic heterocycles. The SMILES string of the molecule is CCCCOc1ccc(/C=C/c2ccc3c4c(cccc24)C(=O)N(OS(=O)(=O)C(F)(F)F)C3=O)cc1. The molecular formula is C25H20F3NO6S. The fourth-order valence-electron chi connectivity index (χ4n) is 3.65. The van der Waals surface area contributed by atoms with Gasteiger partial charge in [-0.3, -0.25) is 9.59 Å². The van der Waals surface area contributed by atoms with Crippen molar-refractivity contribution in [3.05, 3.63) is 76.9 Å². The van der Waals surface area contributed by atoms with Crippen molar-refractivity contribution in [2.24, 2.45) is 0 Å². The summed E-state index contributed by atoms with van der Waals surface area (Å²) in [5.41, 5.74) is -4.64. The lowest BCUT2D eigenvalue weighted by Gasteiger charge is -2.26. The summed E-state index contributed by atoms with van der Waals surface area (Å²) in [6.45, 7) is 2.71. The largest absolute Gasteiger partial charge is 0.525 e. The molecule has 7 nitrogen and oxygen atoms in total. The molecular weight excluding hydrogens is 499 g/mol. The maximum Gasteiger partial charge on any atom is 0.525 e. The van der Waals surface area contributed by atoms with Gasteiger partial charge in [0, 0.05) is 5.39 Å². The molecule has 4 rings (SSSR count). The zero-order chi connectivity index (χ0) is 26.1. The van der Waals surface area contributed by atoms with E-state index in [1.165, 1.54) is 18.2 Å². The minimum absolute atomic E-state index is 0.164. The van der Waals surface area contributed by atoms with Crippen LogP contribution in [0.15, 0.2) is 54.6 Å². The van der Waals surface area contributed by atoms with Crippen molar-refractivity contribution in [2.45, 2.75) is 25.3 Å². The second-order valence-electron chi connectivity index (χ2n) is 7.91. The van der Waals surface area contributed by atoms with Crippen LogP contribution < -0.4 is 4.74 Å². The van der Waals surface area contributed by atoms with E-state index >= 15 is 0 Å². The van der Waals surface area contributed by atoms with Crippen LogP contribution in [-0.2, 0) is 14.4 Å². The first-order chi connectivity index (χ1) is 17.0. The molecule has 0 fully saturated rings. The van der Waals surface area contributed by atoms with E-state index in [0.29, 0.717) is 17.6 Å². The number of carbonyl (C=O) groups is 2. The number of imide groups is 1. The number of unbranched alkanes of at least 4 members (excludes halogenated alkanes) is 1. The lowest BCUT2D eigenvalue weighted by Crippen LogP contribution is -2.44. The molecule has 1 heterocycles. The third-order valence-electron chi connectivity index (χ3n) is 5.46. The van der Waals surface area contributed by atoms with Gasteiger partial charge in [-0.05, 0) is 47.2 Å². The lowest BCUT2D eigenvalue weighted by atomic mass is 9.92. The summed E-state index contributed by atoms with van der Waals surface area (Å²) < 4.78 is 70.6. The van der Waals surface area contributed by atoms with Crippen LogP contribution in [0.3, 0.4) is 0 Å². The second kappa shape index (κ2) is 9.75. The molecule has 1 aliphatic rings. The Kier molecular flexibility index (Phi) is 6.87. The smallest absolute Gasteiger partial charge is 0.494 e. The highest BCUT2D eigenvalue weighted by Gasteiger charge is 2.51. The van der Waals surface area contributed by atoms with Crippen molar-refractivity contribution >= 4 is 44.9 Å². The molecule has 0 saturated heterocycles. The molecule has 188 valence electrons. The molecule has 36 heavy (non-hydrogen) atoms. The number of alkyl halides is 3. The summed E-state index contributed by atoms with van der Waals surface area (Å²) in [4.78, 5) is 25.5. The zero-order valence-electron chi connectivity index (χ0n) is 18.9. The topological polar surface area (TPSA) is 90.0 Å². The lowest BCUT2D eigenvalue weighted by molar-refractivity contribution is -0.0761. The Morgan fingerprint density at radius 3 is 2.22 bits per heavy atom. The minimum Gasteiger partial charge on any atom is -0.494 e. The van der Waals surface area contributed by atoms with E-state index in [0.717, 1.165) is 24.2 Å². The number of halogens is 3. The number of nitrogens with zero attached hydrogens (tertiary/aromatic N) is 1. The van der Waals surface area contributed by atoms with E-state index in [-0.39, 0.29) is 21.6 Å². The highest BCUT2D eigenvalue weighted by Crippen LogP contribution is 2.35. The number of ether oxygens (including phenoxy) is 1. The molecule has 0 aliphatic carbocycles. The summed E-state index contributed by atoms with van der Waals surface area (Å²) in [6, 6.07) is 14.7. The summed E-state index contributed by atoms with van der Waals surface area (Å²) in [5, 5.41) is 0.305. The molecule has 0 saturated carbocycles. The van der Waals surface area contributed by atoms with Gasteiger partial charge in [-0.1, -0.05) is 55.8 Å². The Morgan fingerprint density at radius 2 is 1.58 bits per heavy atom. The molecule has 3 aromatic carbocycles. The summed E-state index contributed by atoms with van der Waals surface area (Å²) in [7, 11) is -6.23. The predicted molar refractivity (Wildman–Crippen MR) is 126 cm³/mol. The second-order valence-corrected chi connectivity index (χ2v) is 9.43. The Balaban J connectivity index is 1.65. The Morgan fingerprint density at radius 1 is 0.917 bits per heavy atom. The van der Waals surface area contributed by atoms with E-state index in [1.807, 2.05) is 30.3 Å². The molecule has 2 amide bonds. The van der Waals surface area contributed by atoms with E-state index in [2.05, 4.69) is 11.2 Å². The summed E-state index contributed by atoms with van der Waals surface area (Å²) in [5.74, 6) is -1.88. The monoisotopic (exact) mass is 519 g/mol. The van der Waals surface area contributed by atoms with Gasteiger partial charge >= 0.3 is 15.6 Å². The number of amides is 2. The van der Waals surface area contributed by atoms with Crippen molar-refractivity contribution in [2.75, 3.05) is 6.61 Å². The molecule has 1 aliphatic heterocycles. The standard InChI is InChI=1S/C25H20F3NO6S/c1-2-3-15-34-18-12-8-16(9-13-18)7-10-17-11-14-21-22-19(17)5-4-6-20(22)23(30)29(24(21)31)35-36(32,33)25(26,27)28/h4-14H,2-3,15H2,1H3/b10-7+. The van der Waals surface area contributed by atoms with Crippen molar-refractivity contribution in [1.82, 2.24) is 5.06 Å². The molecule has 0 atom stereocenters. The number of rotatable bonds is 8. The number of hydrogen-bond acceptors (Lipinski definition) is 6. The van der Waals surface area contributed by atoms with Crippen molar-refractivity contribution in [3.63, 3.8) is 0 Å². The Hall–Kier alpha value is -3.70. The normalized spacial score (nSPS) is 14.2. The number of carbonyl (C=O) groups excluding carboxylic acids is 2. The van der Waals surface area contributed by atoms with Crippen LogP contribution in [0.5, 0.6) is 5.75 Å². The van der Waals surface area contributed by atoms with E-state index < -0.39 is 27.4 Å². The van der Waals surface area contributed by atoms with E-state index in [9.17, 15) is 31.2 Å². The number of hydrogen-bond donors (Lipinski definition) is 0. The maximum absolute atomic E-state index is 12.8. The Bertz CT molecular complexity index is 1440. The van der Waals surface area contributed by atoms with Gasteiger partial charge < -0.3 is 4.74 Å². The zero-order valence-corrected chi connectivity index (χ0v) is 19.7. The molecule has 11 heteroatoms. The van der Waals surface area contributed by atoms with Gasteiger partial charge in [0.25, 0.3) is 11.8 Å².